The van der Waals surface area contributed by atoms with E-state index in [2.05, 4.69) is 15.5 Å². The summed E-state index contributed by atoms with van der Waals surface area (Å²) < 4.78 is 0. The van der Waals surface area contributed by atoms with Crippen LogP contribution in [0.15, 0.2) is 24.3 Å². The van der Waals surface area contributed by atoms with Crippen LogP contribution in [0.3, 0.4) is 0 Å². The fourth-order valence-electron chi connectivity index (χ4n) is 3.30. The molecule has 0 saturated carbocycles. The molecule has 0 unspecified atom stereocenters. The summed E-state index contributed by atoms with van der Waals surface area (Å²) >= 11 is 0. The Balaban J connectivity index is 1.65. The monoisotopic (exact) mass is 287 g/mol. The zero-order valence-electron chi connectivity index (χ0n) is 12.3. The maximum Gasteiger partial charge on any atom is 0.238 e. The number of fused-ring (bicyclic) bond motifs is 2. The summed E-state index contributed by atoms with van der Waals surface area (Å²) in [5.74, 6) is 0.0991. The molecule has 2 fully saturated rings. The standard InChI is InChI=1S/C16H21N3O2/c1-11-4-2-3-5-14(11)18-16(21)10-19-12-6-7-13(19)9-17-15(20)8-12/h2-5,12-13H,6-10H2,1H3,(H,17,20)(H,18,21)/t12-,13+/m0/s1. The molecule has 0 aromatic heterocycles. The number of nitrogens with zero attached hydrogens (tertiary/aromatic N) is 1. The van der Waals surface area contributed by atoms with E-state index in [1.54, 1.807) is 0 Å². The second kappa shape index (κ2) is 5.85. The summed E-state index contributed by atoms with van der Waals surface area (Å²) in [6.45, 7) is 3.00. The molecule has 1 aromatic rings. The Morgan fingerprint density at radius 3 is 2.90 bits per heavy atom. The van der Waals surface area contributed by atoms with E-state index in [1.807, 2.05) is 31.2 Å². The van der Waals surface area contributed by atoms with Crippen LogP contribution in [0.4, 0.5) is 5.69 Å². The van der Waals surface area contributed by atoms with Crippen LogP contribution in [-0.4, -0.2) is 41.9 Å². The van der Waals surface area contributed by atoms with Crippen molar-refractivity contribution in [1.29, 1.82) is 0 Å². The van der Waals surface area contributed by atoms with E-state index in [1.165, 1.54) is 0 Å². The van der Waals surface area contributed by atoms with Gasteiger partial charge in [0.1, 0.15) is 0 Å². The van der Waals surface area contributed by atoms with Crippen molar-refractivity contribution in [3.63, 3.8) is 0 Å². The van der Waals surface area contributed by atoms with E-state index in [4.69, 9.17) is 0 Å². The lowest BCUT2D eigenvalue weighted by atomic mass is 10.1. The highest BCUT2D eigenvalue weighted by molar-refractivity contribution is 5.93. The minimum absolute atomic E-state index is 0.00412. The maximum atomic E-state index is 12.3. The summed E-state index contributed by atoms with van der Waals surface area (Å²) in [6.07, 6.45) is 2.58. The lowest BCUT2D eigenvalue weighted by Crippen LogP contribution is -2.42. The number of amides is 2. The maximum absolute atomic E-state index is 12.3. The van der Waals surface area contributed by atoms with E-state index < -0.39 is 0 Å². The van der Waals surface area contributed by atoms with Gasteiger partial charge in [0.05, 0.1) is 6.54 Å². The second-order valence-electron chi connectivity index (χ2n) is 5.93. The molecular formula is C16H21N3O2. The van der Waals surface area contributed by atoms with Gasteiger partial charge < -0.3 is 10.6 Å². The highest BCUT2D eigenvalue weighted by Crippen LogP contribution is 2.28. The highest BCUT2D eigenvalue weighted by Gasteiger charge is 2.38. The molecule has 5 nitrogen and oxygen atoms in total. The minimum atomic E-state index is -0.00412. The average molecular weight is 287 g/mol. The van der Waals surface area contributed by atoms with Gasteiger partial charge in [-0.05, 0) is 31.4 Å². The zero-order chi connectivity index (χ0) is 14.8. The van der Waals surface area contributed by atoms with E-state index in [-0.39, 0.29) is 17.9 Å². The molecule has 21 heavy (non-hydrogen) atoms. The average Bonchev–Trinajstić information content (AvgIpc) is 2.72. The third-order valence-electron chi connectivity index (χ3n) is 4.47. The molecular weight excluding hydrogens is 266 g/mol. The van der Waals surface area contributed by atoms with Crippen LogP contribution in [0.2, 0.25) is 0 Å². The van der Waals surface area contributed by atoms with Gasteiger partial charge in [-0.3, -0.25) is 14.5 Å². The number of benzene rings is 1. The van der Waals surface area contributed by atoms with Gasteiger partial charge >= 0.3 is 0 Å². The molecule has 2 N–H and O–H groups in total. The molecule has 2 bridgehead atoms. The van der Waals surface area contributed by atoms with Crippen molar-refractivity contribution in [3.05, 3.63) is 29.8 Å². The number of hydrogen-bond donors (Lipinski definition) is 2. The van der Waals surface area contributed by atoms with Crippen molar-refractivity contribution in [2.45, 2.75) is 38.3 Å². The first kappa shape index (κ1) is 14.1. The molecule has 2 aliphatic heterocycles. The van der Waals surface area contributed by atoms with Crippen molar-refractivity contribution in [2.24, 2.45) is 0 Å². The number of carbonyl (C=O) groups excluding carboxylic acids is 2. The third kappa shape index (κ3) is 3.08. The number of carbonyl (C=O) groups is 2. The Morgan fingerprint density at radius 2 is 2.10 bits per heavy atom. The molecule has 1 aromatic carbocycles. The molecule has 2 heterocycles. The van der Waals surface area contributed by atoms with Gasteiger partial charge in [0.15, 0.2) is 0 Å². The number of anilines is 1. The van der Waals surface area contributed by atoms with Crippen LogP contribution >= 0.6 is 0 Å². The quantitative estimate of drug-likeness (QED) is 0.880. The van der Waals surface area contributed by atoms with Gasteiger partial charge in [-0.15, -0.1) is 0 Å². The molecule has 0 spiro atoms. The first-order valence-electron chi connectivity index (χ1n) is 7.51. The number of aryl methyl sites for hydroxylation is 1. The molecule has 2 amide bonds. The fraction of sp³-hybridized carbons (Fsp3) is 0.500. The number of hydrogen-bond acceptors (Lipinski definition) is 3. The van der Waals surface area contributed by atoms with Crippen molar-refractivity contribution < 1.29 is 9.59 Å². The van der Waals surface area contributed by atoms with Crippen molar-refractivity contribution in [1.82, 2.24) is 10.2 Å². The summed E-state index contributed by atoms with van der Waals surface area (Å²) in [4.78, 5) is 26.1. The summed E-state index contributed by atoms with van der Waals surface area (Å²) in [7, 11) is 0. The van der Waals surface area contributed by atoms with Crippen LogP contribution in [0.25, 0.3) is 0 Å². The Hall–Kier alpha value is -1.88. The Kier molecular flexibility index (Phi) is 3.92. The van der Waals surface area contributed by atoms with Crippen LogP contribution < -0.4 is 10.6 Å². The summed E-state index contributed by atoms with van der Waals surface area (Å²) in [5.41, 5.74) is 1.92. The normalized spacial score (nSPS) is 25.3. The summed E-state index contributed by atoms with van der Waals surface area (Å²) in [6, 6.07) is 8.27. The van der Waals surface area contributed by atoms with E-state index in [9.17, 15) is 9.59 Å². The van der Waals surface area contributed by atoms with E-state index in [0.29, 0.717) is 25.6 Å². The van der Waals surface area contributed by atoms with Crippen molar-refractivity contribution >= 4 is 17.5 Å². The third-order valence-corrected chi connectivity index (χ3v) is 4.47. The topological polar surface area (TPSA) is 61.4 Å². The molecule has 0 radical (unpaired) electrons. The minimum Gasteiger partial charge on any atom is -0.354 e. The summed E-state index contributed by atoms with van der Waals surface area (Å²) in [5, 5.41) is 5.90. The first-order valence-corrected chi connectivity index (χ1v) is 7.51. The Morgan fingerprint density at radius 1 is 1.33 bits per heavy atom. The van der Waals surface area contributed by atoms with Gasteiger partial charge in [0.2, 0.25) is 11.8 Å². The highest BCUT2D eigenvalue weighted by atomic mass is 16.2. The van der Waals surface area contributed by atoms with Crippen molar-refractivity contribution in [2.75, 3.05) is 18.4 Å². The van der Waals surface area contributed by atoms with E-state index >= 15 is 0 Å². The number of nitrogens with one attached hydrogen (secondary N) is 2. The Labute approximate surface area is 124 Å². The number of rotatable bonds is 3. The SMILES string of the molecule is Cc1ccccc1NC(=O)CN1[C@@H]2CC[C@H]1CC(=O)NC2. The van der Waals surface area contributed by atoms with E-state index in [0.717, 1.165) is 24.1 Å². The molecule has 2 atom stereocenters. The van der Waals surface area contributed by atoms with Gasteiger partial charge in [0.25, 0.3) is 0 Å². The van der Waals surface area contributed by atoms with Gasteiger partial charge in [-0.2, -0.15) is 0 Å². The molecule has 112 valence electrons. The van der Waals surface area contributed by atoms with Crippen LogP contribution in [0.5, 0.6) is 0 Å². The lowest BCUT2D eigenvalue weighted by Gasteiger charge is -2.26. The largest absolute Gasteiger partial charge is 0.354 e. The number of para-hydroxylation sites is 1. The Bertz CT molecular complexity index is 558. The predicted molar refractivity (Wildman–Crippen MR) is 81.0 cm³/mol. The second-order valence-corrected chi connectivity index (χ2v) is 5.93. The molecule has 2 aliphatic rings. The molecule has 0 aliphatic carbocycles. The van der Waals surface area contributed by atoms with Crippen LogP contribution in [-0.2, 0) is 9.59 Å². The van der Waals surface area contributed by atoms with Gasteiger partial charge in [-0.1, -0.05) is 18.2 Å². The molecule has 3 rings (SSSR count). The lowest BCUT2D eigenvalue weighted by molar-refractivity contribution is -0.122. The van der Waals surface area contributed by atoms with Crippen LogP contribution in [0.1, 0.15) is 24.8 Å². The van der Waals surface area contributed by atoms with Crippen LogP contribution in [0, 0.1) is 6.92 Å². The zero-order valence-corrected chi connectivity index (χ0v) is 12.3. The molecule has 5 heteroatoms. The predicted octanol–water partition coefficient (Wildman–Crippen LogP) is 1.29. The molecule has 2 saturated heterocycles. The van der Waals surface area contributed by atoms with Gasteiger partial charge in [0, 0.05) is 30.7 Å². The fourth-order valence-corrected chi connectivity index (χ4v) is 3.30. The van der Waals surface area contributed by atoms with Crippen molar-refractivity contribution in [3.8, 4) is 0 Å². The first-order chi connectivity index (χ1) is 10.1. The smallest absolute Gasteiger partial charge is 0.238 e. The van der Waals surface area contributed by atoms with Gasteiger partial charge in [-0.25, -0.2) is 0 Å².